The van der Waals surface area contributed by atoms with Crippen LogP contribution in [0, 0.1) is 21.4 Å². The number of allylic oxidation sites excluding steroid dienone is 3. The molecule has 1 aromatic rings. The Bertz CT molecular complexity index is 889. The second kappa shape index (κ2) is 8.94. The molecule has 1 atom stereocenters. The van der Waals surface area contributed by atoms with E-state index in [-0.39, 0.29) is 47.0 Å². The van der Waals surface area contributed by atoms with E-state index in [1.807, 2.05) is 6.07 Å². The molecule has 0 aromatic heterocycles. The number of halogens is 2. The van der Waals surface area contributed by atoms with Crippen LogP contribution >= 0.6 is 0 Å². The maximum Gasteiger partial charge on any atom is 0.387 e. The van der Waals surface area contributed by atoms with Gasteiger partial charge in [0.25, 0.3) is 5.70 Å². The number of alkyl halides is 2. The van der Waals surface area contributed by atoms with Gasteiger partial charge in [-0.1, -0.05) is 18.2 Å². The highest BCUT2D eigenvalue weighted by molar-refractivity contribution is 5.92. The fourth-order valence-corrected chi connectivity index (χ4v) is 2.99. The first-order chi connectivity index (χ1) is 13.3. The van der Waals surface area contributed by atoms with Crippen molar-refractivity contribution < 1.29 is 28.0 Å². The number of dihydropyridines is 1. The molecule has 28 heavy (non-hydrogen) atoms. The first-order valence-electron chi connectivity index (χ1n) is 8.18. The van der Waals surface area contributed by atoms with Gasteiger partial charge in [0, 0.05) is 11.3 Å². The Morgan fingerprint density at radius 3 is 2.64 bits per heavy atom. The molecule has 1 heterocycles. The normalized spacial score (nSPS) is 16.5. The van der Waals surface area contributed by atoms with Crippen LogP contribution in [-0.2, 0) is 9.53 Å². The Labute approximate surface area is 159 Å². The predicted molar refractivity (Wildman–Crippen MR) is 92.5 cm³/mol. The lowest BCUT2D eigenvalue weighted by Crippen LogP contribution is -2.32. The smallest absolute Gasteiger partial charge is 0.387 e. The molecule has 2 rings (SSSR count). The van der Waals surface area contributed by atoms with Gasteiger partial charge in [0.1, 0.15) is 18.3 Å². The molecular formula is C18H17F2N3O5. The number of para-hydroxylation sites is 1. The highest BCUT2D eigenvalue weighted by atomic mass is 19.3. The lowest BCUT2D eigenvalue weighted by Gasteiger charge is -2.27. The van der Waals surface area contributed by atoms with E-state index in [0.29, 0.717) is 0 Å². The molecule has 8 nitrogen and oxygen atoms in total. The molecule has 0 amide bonds. The molecule has 148 valence electrons. The molecule has 0 bridgehead atoms. The van der Waals surface area contributed by atoms with Crippen molar-refractivity contribution in [1.29, 1.82) is 5.26 Å². The van der Waals surface area contributed by atoms with E-state index in [4.69, 9.17) is 10.00 Å². The summed E-state index contributed by atoms with van der Waals surface area (Å²) in [6.45, 7) is -0.388. The molecule has 1 aliphatic heterocycles. The van der Waals surface area contributed by atoms with Gasteiger partial charge in [0.05, 0.1) is 28.7 Å². The third kappa shape index (κ3) is 4.43. The average molecular weight is 393 g/mol. The van der Waals surface area contributed by atoms with E-state index >= 15 is 0 Å². The van der Waals surface area contributed by atoms with Gasteiger partial charge in [-0.2, -0.15) is 14.0 Å². The molecule has 0 fully saturated rings. The van der Waals surface area contributed by atoms with Crippen molar-refractivity contribution in [1.82, 2.24) is 5.32 Å². The van der Waals surface area contributed by atoms with Crippen LogP contribution in [0.15, 0.2) is 46.9 Å². The zero-order chi connectivity index (χ0) is 20.8. The van der Waals surface area contributed by atoms with Crippen LogP contribution < -0.4 is 10.1 Å². The van der Waals surface area contributed by atoms with Crippen LogP contribution in [-0.4, -0.2) is 24.1 Å². The second-order valence-electron chi connectivity index (χ2n) is 5.82. The quantitative estimate of drug-likeness (QED) is 0.327. The summed E-state index contributed by atoms with van der Waals surface area (Å²) in [7, 11) is 0. The minimum atomic E-state index is -3.15. The van der Waals surface area contributed by atoms with Gasteiger partial charge in [0.15, 0.2) is 0 Å². The van der Waals surface area contributed by atoms with Crippen molar-refractivity contribution in [2.24, 2.45) is 0 Å². The largest absolute Gasteiger partial charge is 0.461 e. The van der Waals surface area contributed by atoms with Crippen LogP contribution in [0.2, 0.25) is 0 Å². The van der Waals surface area contributed by atoms with Crippen LogP contribution in [0.4, 0.5) is 8.78 Å². The van der Waals surface area contributed by atoms with Gasteiger partial charge in [-0.15, -0.1) is 0 Å². The van der Waals surface area contributed by atoms with Crippen LogP contribution in [0.5, 0.6) is 5.75 Å². The zero-order valence-corrected chi connectivity index (χ0v) is 15.1. The van der Waals surface area contributed by atoms with Crippen molar-refractivity contribution in [3.05, 3.63) is 62.6 Å². The summed E-state index contributed by atoms with van der Waals surface area (Å²) in [5, 5.41) is 23.1. The van der Waals surface area contributed by atoms with Crippen molar-refractivity contribution >= 4 is 5.97 Å². The Balaban J connectivity index is 2.61. The molecule has 0 saturated carbocycles. The van der Waals surface area contributed by atoms with Gasteiger partial charge >= 0.3 is 12.6 Å². The number of benzene rings is 1. The van der Waals surface area contributed by atoms with E-state index in [0.717, 1.165) is 0 Å². The Morgan fingerprint density at radius 2 is 2.04 bits per heavy atom. The number of nitrogens with one attached hydrogen (secondary N) is 1. The average Bonchev–Trinajstić information content (AvgIpc) is 2.60. The van der Waals surface area contributed by atoms with Crippen molar-refractivity contribution in [2.75, 3.05) is 6.61 Å². The molecule has 0 saturated heterocycles. The summed E-state index contributed by atoms with van der Waals surface area (Å²) >= 11 is 0. The lowest BCUT2D eigenvalue weighted by atomic mass is 9.83. The van der Waals surface area contributed by atoms with Crippen molar-refractivity contribution in [2.45, 2.75) is 32.8 Å². The summed E-state index contributed by atoms with van der Waals surface area (Å²) < 4.78 is 35.2. The number of carbonyl (C=O) groups is 1. The molecule has 1 aliphatic rings. The highest BCUT2D eigenvalue weighted by Gasteiger charge is 2.42. The van der Waals surface area contributed by atoms with E-state index in [1.54, 1.807) is 0 Å². The van der Waals surface area contributed by atoms with Gasteiger partial charge in [-0.05, 0) is 19.9 Å². The zero-order valence-electron chi connectivity index (χ0n) is 15.1. The molecule has 0 spiro atoms. The maximum absolute atomic E-state index is 12.8. The van der Waals surface area contributed by atoms with Gasteiger partial charge in [-0.3, -0.25) is 10.1 Å². The molecule has 0 radical (unpaired) electrons. The summed E-state index contributed by atoms with van der Waals surface area (Å²) in [5.74, 6) is -2.46. The molecule has 1 N–H and O–H groups in total. The van der Waals surface area contributed by atoms with Crippen molar-refractivity contribution in [3.8, 4) is 11.8 Å². The van der Waals surface area contributed by atoms with E-state index in [9.17, 15) is 23.7 Å². The summed E-state index contributed by atoms with van der Waals surface area (Å²) in [6.07, 6.45) is -0.0573. The van der Waals surface area contributed by atoms with E-state index < -0.39 is 23.4 Å². The Hall–Kier alpha value is -3.48. The summed E-state index contributed by atoms with van der Waals surface area (Å²) in [4.78, 5) is 23.7. The fraction of sp³-hybridized carbons (Fsp3) is 0.333. The SMILES string of the molecule is CC1=C(C(=O)OCCC#N)C(c2ccccc2OC(F)F)C([N+](=O)[O-])=C(C)N1. The Morgan fingerprint density at radius 1 is 1.36 bits per heavy atom. The highest BCUT2D eigenvalue weighted by Crippen LogP contribution is 2.42. The number of nitriles is 1. The third-order valence-electron chi connectivity index (χ3n) is 4.04. The minimum Gasteiger partial charge on any atom is -0.461 e. The van der Waals surface area contributed by atoms with E-state index in [1.165, 1.54) is 38.1 Å². The third-order valence-corrected chi connectivity index (χ3v) is 4.04. The number of rotatable bonds is 7. The summed E-state index contributed by atoms with van der Waals surface area (Å²) in [6, 6.07) is 7.36. The first kappa shape index (κ1) is 20.8. The standard InChI is InChI=1S/C18H17F2N3O5/c1-10-14(17(24)27-9-5-8-21)15(16(23(25)26)11(2)22-10)12-6-3-4-7-13(12)28-18(19)20/h3-4,6-7,15,18,22H,5,9H2,1-2H3. The fourth-order valence-electron chi connectivity index (χ4n) is 2.99. The topological polar surface area (TPSA) is 114 Å². The molecular weight excluding hydrogens is 376 g/mol. The number of nitrogens with zero attached hydrogens (tertiary/aromatic N) is 2. The number of nitro groups is 1. The van der Waals surface area contributed by atoms with Gasteiger partial charge < -0.3 is 14.8 Å². The maximum atomic E-state index is 12.8. The van der Waals surface area contributed by atoms with Crippen LogP contribution in [0.3, 0.4) is 0 Å². The Kier molecular flexibility index (Phi) is 6.65. The summed E-state index contributed by atoms with van der Waals surface area (Å²) in [5.41, 5.74) is -0.0273. The number of ether oxygens (including phenoxy) is 2. The number of carbonyl (C=O) groups excluding carboxylic acids is 1. The molecule has 0 aliphatic carbocycles. The first-order valence-corrected chi connectivity index (χ1v) is 8.18. The molecule has 10 heteroatoms. The second-order valence-corrected chi connectivity index (χ2v) is 5.82. The van der Waals surface area contributed by atoms with Crippen molar-refractivity contribution in [3.63, 3.8) is 0 Å². The molecule has 1 unspecified atom stereocenters. The minimum absolute atomic E-state index is 0.0296. The monoisotopic (exact) mass is 393 g/mol. The molecule has 1 aromatic carbocycles. The van der Waals surface area contributed by atoms with E-state index in [2.05, 4.69) is 10.1 Å². The van der Waals surface area contributed by atoms with Gasteiger partial charge in [-0.25, -0.2) is 4.79 Å². The lowest BCUT2D eigenvalue weighted by molar-refractivity contribution is -0.431. The number of esters is 1. The predicted octanol–water partition coefficient (Wildman–Crippen LogP) is 3.21. The van der Waals surface area contributed by atoms with Gasteiger partial charge in [0.2, 0.25) is 0 Å². The van der Waals surface area contributed by atoms with Crippen LogP contribution in [0.25, 0.3) is 0 Å². The number of hydrogen-bond acceptors (Lipinski definition) is 7. The number of hydrogen-bond donors (Lipinski definition) is 1. The van der Waals surface area contributed by atoms with Crippen LogP contribution in [0.1, 0.15) is 31.7 Å².